The molecule has 0 heterocycles. The monoisotopic (exact) mass is 253 g/mol. The van der Waals surface area contributed by atoms with Gasteiger partial charge >= 0.3 is 0 Å². The molecule has 0 spiro atoms. The molecule has 0 aromatic heterocycles. The molecule has 106 valence electrons. The van der Waals surface area contributed by atoms with Crippen LogP contribution in [0, 0.1) is 17.3 Å². The third kappa shape index (κ3) is 6.01. The standard InChI is InChI=1S/C16H31NO/c1-13-8-14(2)10-15(9-13)11-17-12-16(3,4)6-7-18-5/h8,13,15,17H,6-7,9-12H2,1-5H3. The molecule has 0 aromatic rings. The minimum Gasteiger partial charge on any atom is -0.385 e. The zero-order valence-corrected chi connectivity index (χ0v) is 12.9. The van der Waals surface area contributed by atoms with E-state index in [9.17, 15) is 0 Å². The van der Waals surface area contributed by atoms with Crippen molar-refractivity contribution in [3.63, 3.8) is 0 Å². The first-order chi connectivity index (χ1) is 8.43. The Morgan fingerprint density at radius 1 is 1.44 bits per heavy atom. The summed E-state index contributed by atoms with van der Waals surface area (Å²) in [5.74, 6) is 1.58. The zero-order chi connectivity index (χ0) is 13.6. The molecule has 0 saturated carbocycles. The predicted octanol–water partition coefficient (Wildman–Crippen LogP) is 3.63. The van der Waals surface area contributed by atoms with E-state index in [4.69, 9.17) is 4.74 Å². The van der Waals surface area contributed by atoms with Gasteiger partial charge in [0.1, 0.15) is 0 Å². The average molecular weight is 253 g/mol. The molecule has 2 atom stereocenters. The highest BCUT2D eigenvalue weighted by molar-refractivity contribution is 5.06. The summed E-state index contributed by atoms with van der Waals surface area (Å²) in [6, 6.07) is 0. The smallest absolute Gasteiger partial charge is 0.0467 e. The third-order valence-corrected chi connectivity index (χ3v) is 3.90. The molecular formula is C16H31NO. The van der Waals surface area contributed by atoms with Crippen molar-refractivity contribution in [1.29, 1.82) is 0 Å². The van der Waals surface area contributed by atoms with Crippen LogP contribution in [0.25, 0.3) is 0 Å². The minimum atomic E-state index is 0.335. The van der Waals surface area contributed by atoms with Crippen molar-refractivity contribution in [1.82, 2.24) is 5.32 Å². The van der Waals surface area contributed by atoms with Gasteiger partial charge in [-0.15, -0.1) is 0 Å². The average Bonchev–Trinajstić information content (AvgIpc) is 2.25. The Bertz CT molecular complexity index is 270. The number of methoxy groups -OCH3 is 1. The summed E-state index contributed by atoms with van der Waals surface area (Å²) in [7, 11) is 1.78. The van der Waals surface area contributed by atoms with Crippen LogP contribution in [0.3, 0.4) is 0 Å². The summed E-state index contributed by atoms with van der Waals surface area (Å²) in [6.07, 6.45) is 6.16. The predicted molar refractivity (Wildman–Crippen MR) is 78.8 cm³/mol. The van der Waals surface area contributed by atoms with E-state index < -0.39 is 0 Å². The molecule has 0 radical (unpaired) electrons. The fraction of sp³-hybridized carbons (Fsp3) is 0.875. The molecule has 1 N–H and O–H groups in total. The number of hydrogen-bond acceptors (Lipinski definition) is 2. The van der Waals surface area contributed by atoms with E-state index in [-0.39, 0.29) is 0 Å². The van der Waals surface area contributed by atoms with Crippen LogP contribution in [0.2, 0.25) is 0 Å². The van der Waals surface area contributed by atoms with Gasteiger partial charge in [-0.05, 0) is 50.0 Å². The van der Waals surface area contributed by atoms with Crippen LogP contribution < -0.4 is 5.32 Å². The highest BCUT2D eigenvalue weighted by Gasteiger charge is 2.20. The molecule has 2 nitrogen and oxygen atoms in total. The summed E-state index contributed by atoms with van der Waals surface area (Å²) in [6.45, 7) is 12.3. The fourth-order valence-electron chi connectivity index (χ4n) is 2.92. The summed E-state index contributed by atoms with van der Waals surface area (Å²) >= 11 is 0. The van der Waals surface area contributed by atoms with E-state index in [1.165, 1.54) is 12.8 Å². The number of allylic oxidation sites excluding steroid dienone is 2. The van der Waals surface area contributed by atoms with E-state index in [0.717, 1.165) is 38.0 Å². The van der Waals surface area contributed by atoms with Crippen molar-refractivity contribution >= 4 is 0 Å². The van der Waals surface area contributed by atoms with Gasteiger partial charge in [0.25, 0.3) is 0 Å². The van der Waals surface area contributed by atoms with Crippen molar-refractivity contribution in [2.75, 3.05) is 26.8 Å². The lowest BCUT2D eigenvalue weighted by Gasteiger charge is -2.29. The Labute approximate surface area is 113 Å². The van der Waals surface area contributed by atoms with Crippen LogP contribution in [-0.4, -0.2) is 26.8 Å². The third-order valence-electron chi connectivity index (χ3n) is 3.90. The molecule has 0 saturated heterocycles. The van der Waals surface area contributed by atoms with Crippen LogP contribution in [0.1, 0.15) is 47.0 Å². The van der Waals surface area contributed by atoms with Crippen LogP contribution in [0.4, 0.5) is 0 Å². The number of rotatable bonds is 7. The lowest BCUT2D eigenvalue weighted by atomic mass is 9.83. The summed E-state index contributed by atoms with van der Waals surface area (Å²) in [5, 5.41) is 3.66. The quantitative estimate of drug-likeness (QED) is 0.700. The van der Waals surface area contributed by atoms with Gasteiger partial charge in [0.2, 0.25) is 0 Å². The van der Waals surface area contributed by atoms with Crippen molar-refractivity contribution in [3.8, 4) is 0 Å². The van der Waals surface area contributed by atoms with Crippen LogP contribution in [-0.2, 0) is 4.74 Å². The summed E-state index contributed by atoms with van der Waals surface area (Å²) in [4.78, 5) is 0. The number of ether oxygens (including phenoxy) is 1. The second kappa shape index (κ2) is 7.30. The Balaban J connectivity index is 2.23. The zero-order valence-electron chi connectivity index (χ0n) is 12.9. The highest BCUT2D eigenvalue weighted by atomic mass is 16.5. The minimum absolute atomic E-state index is 0.335. The molecule has 0 aliphatic heterocycles. The van der Waals surface area contributed by atoms with E-state index in [2.05, 4.69) is 39.1 Å². The maximum Gasteiger partial charge on any atom is 0.0467 e. The first-order valence-electron chi connectivity index (χ1n) is 7.30. The van der Waals surface area contributed by atoms with E-state index in [0.29, 0.717) is 5.41 Å². The van der Waals surface area contributed by atoms with Crippen LogP contribution in [0.15, 0.2) is 11.6 Å². The van der Waals surface area contributed by atoms with Gasteiger partial charge in [0.15, 0.2) is 0 Å². The fourth-order valence-corrected chi connectivity index (χ4v) is 2.92. The largest absolute Gasteiger partial charge is 0.385 e. The van der Waals surface area contributed by atoms with Gasteiger partial charge in [-0.2, -0.15) is 0 Å². The van der Waals surface area contributed by atoms with Gasteiger partial charge in [-0.1, -0.05) is 32.4 Å². The van der Waals surface area contributed by atoms with Crippen LogP contribution in [0.5, 0.6) is 0 Å². The van der Waals surface area contributed by atoms with Crippen molar-refractivity contribution in [2.24, 2.45) is 17.3 Å². The second-order valence-electron chi connectivity index (χ2n) is 6.83. The Hall–Kier alpha value is -0.340. The summed E-state index contributed by atoms with van der Waals surface area (Å²) < 4.78 is 5.17. The topological polar surface area (TPSA) is 21.3 Å². The Morgan fingerprint density at radius 3 is 2.78 bits per heavy atom. The number of nitrogens with one attached hydrogen (secondary N) is 1. The molecule has 0 bridgehead atoms. The van der Waals surface area contributed by atoms with Crippen molar-refractivity contribution in [2.45, 2.75) is 47.0 Å². The highest BCUT2D eigenvalue weighted by Crippen LogP contribution is 2.27. The molecule has 1 aliphatic carbocycles. The Kier molecular flexibility index (Phi) is 6.37. The second-order valence-corrected chi connectivity index (χ2v) is 6.83. The van der Waals surface area contributed by atoms with Crippen molar-refractivity contribution < 1.29 is 4.74 Å². The molecule has 0 amide bonds. The lowest BCUT2D eigenvalue weighted by molar-refractivity contribution is 0.149. The Morgan fingerprint density at radius 2 is 2.17 bits per heavy atom. The maximum atomic E-state index is 5.17. The lowest BCUT2D eigenvalue weighted by Crippen LogP contribution is -2.34. The maximum absolute atomic E-state index is 5.17. The molecule has 1 aliphatic rings. The van der Waals surface area contributed by atoms with Gasteiger partial charge in [0, 0.05) is 20.3 Å². The van der Waals surface area contributed by atoms with Gasteiger partial charge in [0.05, 0.1) is 0 Å². The molecule has 2 heteroatoms. The number of hydrogen-bond donors (Lipinski definition) is 1. The van der Waals surface area contributed by atoms with E-state index in [1.54, 1.807) is 12.7 Å². The van der Waals surface area contributed by atoms with E-state index >= 15 is 0 Å². The van der Waals surface area contributed by atoms with E-state index in [1.807, 2.05) is 0 Å². The molecule has 1 rings (SSSR count). The molecule has 0 fully saturated rings. The first kappa shape index (κ1) is 15.7. The van der Waals surface area contributed by atoms with Gasteiger partial charge in [-0.3, -0.25) is 0 Å². The molecular weight excluding hydrogens is 222 g/mol. The normalized spacial score (nSPS) is 25.1. The molecule has 0 aromatic carbocycles. The first-order valence-corrected chi connectivity index (χ1v) is 7.30. The van der Waals surface area contributed by atoms with Crippen LogP contribution >= 0.6 is 0 Å². The van der Waals surface area contributed by atoms with Gasteiger partial charge in [-0.25, -0.2) is 0 Å². The molecule has 2 unspecified atom stereocenters. The summed E-state index contributed by atoms with van der Waals surface area (Å²) in [5.41, 5.74) is 1.90. The molecule has 18 heavy (non-hydrogen) atoms. The van der Waals surface area contributed by atoms with Gasteiger partial charge < -0.3 is 10.1 Å². The van der Waals surface area contributed by atoms with Crippen molar-refractivity contribution in [3.05, 3.63) is 11.6 Å². The SMILES string of the molecule is COCCC(C)(C)CNCC1CC(C)=CC(C)C1.